The number of anilines is 1. The number of fused-ring (bicyclic) bond motifs is 2. The number of nitrogens with zero attached hydrogens (tertiary/aromatic N) is 4. The molecule has 27 heavy (non-hydrogen) atoms. The van der Waals surface area contributed by atoms with Gasteiger partial charge in [-0.05, 0) is 31.4 Å². The van der Waals surface area contributed by atoms with Crippen molar-refractivity contribution in [1.29, 1.82) is 0 Å². The SMILES string of the molecule is CN(C)c1ncc2c(n1)CCCC2NC(=O)c1ccc2cccc(F)c2n1. The molecule has 1 atom stereocenters. The van der Waals surface area contributed by atoms with E-state index in [2.05, 4.69) is 20.3 Å². The molecule has 0 spiro atoms. The van der Waals surface area contributed by atoms with Gasteiger partial charge in [0.15, 0.2) is 0 Å². The molecule has 1 unspecified atom stereocenters. The van der Waals surface area contributed by atoms with Gasteiger partial charge in [0, 0.05) is 31.2 Å². The van der Waals surface area contributed by atoms with Gasteiger partial charge in [-0.3, -0.25) is 4.79 Å². The van der Waals surface area contributed by atoms with Crippen molar-refractivity contribution in [3.63, 3.8) is 0 Å². The van der Waals surface area contributed by atoms with Crippen LogP contribution in [0.3, 0.4) is 0 Å². The number of hydrogen-bond donors (Lipinski definition) is 1. The van der Waals surface area contributed by atoms with Crippen molar-refractivity contribution < 1.29 is 9.18 Å². The van der Waals surface area contributed by atoms with E-state index in [4.69, 9.17) is 0 Å². The lowest BCUT2D eigenvalue weighted by atomic mass is 9.92. The van der Waals surface area contributed by atoms with Crippen LogP contribution in [-0.2, 0) is 6.42 Å². The Hall–Kier alpha value is -3.09. The lowest BCUT2D eigenvalue weighted by molar-refractivity contribution is 0.0928. The first-order chi connectivity index (χ1) is 13.0. The molecule has 1 N–H and O–H groups in total. The fraction of sp³-hybridized carbons (Fsp3) is 0.300. The van der Waals surface area contributed by atoms with Gasteiger partial charge in [-0.1, -0.05) is 18.2 Å². The zero-order chi connectivity index (χ0) is 19.0. The van der Waals surface area contributed by atoms with E-state index >= 15 is 0 Å². The first-order valence-electron chi connectivity index (χ1n) is 8.92. The number of benzene rings is 1. The van der Waals surface area contributed by atoms with E-state index in [0.29, 0.717) is 11.3 Å². The Morgan fingerprint density at radius 3 is 2.89 bits per heavy atom. The van der Waals surface area contributed by atoms with Crippen LogP contribution in [0.15, 0.2) is 36.5 Å². The smallest absolute Gasteiger partial charge is 0.270 e. The third-order valence-electron chi connectivity index (χ3n) is 4.78. The molecule has 1 aromatic carbocycles. The molecule has 2 heterocycles. The van der Waals surface area contributed by atoms with Gasteiger partial charge in [-0.2, -0.15) is 0 Å². The van der Waals surface area contributed by atoms with E-state index in [1.54, 1.807) is 30.5 Å². The third-order valence-corrected chi connectivity index (χ3v) is 4.78. The number of carbonyl (C=O) groups excluding carboxylic acids is 1. The number of para-hydroxylation sites is 1. The maximum atomic E-state index is 14.0. The average molecular weight is 365 g/mol. The average Bonchev–Trinajstić information content (AvgIpc) is 2.68. The van der Waals surface area contributed by atoms with Crippen LogP contribution in [0.4, 0.5) is 10.3 Å². The molecule has 2 aromatic heterocycles. The molecular formula is C20H20FN5O. The summed E-state index contributed by atoms with van der Waals surface area (Å²) in [7, 11) is 3.79. The molecule has 0 saturated heterocycles. The summed E-state index contributed by atoms with van der Waals surface area (Å²) >= 11 is 0. The minimum Gasteiger partial charge on any atom is -0.347 e. The number of aryl methyl sites for hydroxylation is 1. The van der Waals surface area contributed by atoms with Crippen molar-refractivity contribution in [2.45, 2.75) is 25.3 Å². The lowest BCUT2D eigenvalue weighted by Crippen LogP contribution is -2.32. The van der Waals surface area contributed by atoms with Crippen LogP contribution >= 0.6 is 0 Å². The van der Waals surface area contributed by atoms with Gasteiger partial charge >= 0.3 is 0 Å². The highest BCUT2D eigenvalue weighted by atomic mass is 19.1. The second-order valence-electron chi connectivity index (χ2n) is 6.89. The van der Waals surface area contributed by atoms with Crippen molar-refractivity contribution in [2.24, 2.45) is 0 Å². The first-order valence-corrected chi connectivity index (χ1v) is 8.92. The maximum Gasteiger partial charge on any atom is 0.270 e. The Balaban J connectivity index is 1.60. The Morgan fingerprint density at radius 1 is 1.22 bits per heavy atom. The van der Waals surface area contributed by atoms with Gasteiger partial charge in [0.25, 0.3) is 5.91 Å². The van der Waals surface area contributed by atoms with E-state index in [1.807, 2.05) is 19.0 Å². The Kier molecular flexibility index (Phi) is 4.43. The van der Waals surface area contributed by atoms with Crippen LogP contribution < -0.4 is 10.2 Å². The number of aromatic nitrogens is 3. The topological polar surface area (TPSA) is 71.0 Å². The summed E-state index contributed by atoms with van der Waals surface area (Å²) in [5.41, 5.74) is 2.30. The van der Waals surface area contributed by atoms with Crippen molar-refractivity contribution in [1.82, 2.24) is 20.3 Å². The monoisotopic (exact) mass is 365 g/mol. The van der Waals surface area contributed by atoms with Crippen molar-refractivity contribution >= 4 is 22.8 Å². The highest BCUT2D eigenvalue weighted by molar-refractivity contribution is 5.95. The van der Waals surface area contributed by atoms with Gasteiger partial charge < -0.3 is 10.2 Å². The quantitative estimate of drug-likeness (QED) is 0.772. The number of halogens is 1. The maximum absolute atomic E-state index is 14.0. The summed E-state index contributed by atoms with van der Waals surface area (Å²) < 4.78 is 14.0. The molecule has 0 radical (unpaired) electrons. The van der Waals surface area contributed by atoms with E-state index in [9.17, 15) is 9.18 Å². The van der Waals surface area contributed by atoms with Gasteiger partial charge in [-0.25, -0.2) is 19.3 Å². The van der Waals surface area contributed by atoms with Crippen molar-refractivity contribution in [3.05, 3.63) is 59.3 Å². The van der Waals surface area contributed by atoms with Crippen molar-refractivity contribution in [3.8, 4) is 0 Å². The van der Waals surface area contributed by atoms with Crippen LogP contribution in [-0.4, -0.2) is 35.0 Å². The molecule has 3 aromatic rings. The number of nitrogens with one attached hydrogen (secondary N) is 1. The first kappa shape index (κ1) is 17.3. The highest BCUT2D eigenvalue weighted by Crippen LogP contribution is 2.29. The zero-order valence-electron chi connectivity index (χ0n) is 15.2. The number of pyridine rings is 1. The van der Waals surface area contributed by atoms with Gasteiger partial charge in [-0.15, -0.1) is 0 Å². The van der Waals surface area contributed by atoms with Crippen LogP contribution in [0.5, 0.6) is 0 Å². The fourth-order valence-electron chi connectivity index (χ4n) is 3.37. The molecule has 4 rings (SSSR count). The number of carbonyl (C=O) groups is 1. The molecule has 138 valence electrons. The standard InChI is InChI=1S/C20H20FN5O/c1-26(2)20-22-11-13-15(7-4-8-16(13)25-20)24-19(27)17-10-9-12-5-3-6-14(21)18(12)23-17/h3,5-6,9-11,15H,4,7-8H2,1-2H3,(H,24,27). The molecule has 0 fully saturated rings. The van der Waals surface area contributed by atoms with E-state index < -0.39 is 5.82 Å². The fourth-order valence-corrected chi connectivity index (χ4v) is 3.37. The largest absolute Gasteiger partial charge is 0.347 e. The molecule has 6 nitrogen and oxygen atoms in total. The van der Waals surface area contributed by atoms with E-state index in [1.165, 1.54) is 6.07 Å². The Labute approximate surface area is 156 Å². The summed E-state index contributed by atoms with van der Waals surface area (Å²) in [4.78, 5) is 27.7. The molecule has 0 bridgehead atoms. The second-order valence-corrected chi connectivity index (χ2v) is 6.89. The second kappa shape index (κ2) is 6.90. The van der Waals surface area contributed by atoms with Crippen LogP contribution in [0.1, 0.15) is 40.6 Å². The molecule has 0 saturated carbocycles. The number of hydrogen-bond acceptors (Lipinski definition) is 5. The lowest BCUT2D eigenvalue weighted by Gasteiger charge is -2.26. The minimum absolute atomic E-state index is 0.171. The summed E-state index contributed by atoms with van der Waals surface area (Å²) in [6.45, 7) is 0. The van der Waals surface area contributed by atoms with E-state index in [0.717, 1.165) is 30.5 Å². The van der Waals surface area contributed by atoms with Crippen LogP contribution in [0.25, 0.3) is 10.9 Å². The third kappa shape index (κ3) is 3.32. The summed E-state index contributed by atoms with van der Waals surface area (Å²) in [5.74, 6) is -0.100. The minimum atomic E-state index is -0.435. The number of amides is 1. The highest BCUT2D eigenvalue weighted by Gasteiger charge is 2.25. The summed E-state index contributed by atoms with van der Waals surface area (Å²) in [6.07, 6.45) is 4.40. The number of rotatable bonds is 3. The van der Waals surface area contributed by atoms with E-state index in [-0.39, 0.29) is 23.2 Å². The van der Waals surface area contributed by atoms with Crippen molar-refractivity contribution in [2.75, 3.05) is 19.0 Å². The molecule has 1 aliphatic rings. The molecular weight excluding hydrogens is 345 g/mol. The van der Waals surface area contributed by atoms with Gasteiger partial charge in [0.05, 0.1) is 11.7 Å². The molecule has 7 heteroatoms. The predicted molar refractivity (Wildman–Crippen MR) is 101 cm³/mol. The normalized spacial score (nSPS) is 16.0. The van der Waals surface area contributed by atoms with Gasteiger partial charge in [0.1, 0.15) is 17.0 Å². The molecule has 1 aliphatic carbocycles. The van der Waals surface area contributed by atoms with Gasteiger partial charge in [0.2, 0.25) is 5.95 Å². The Bertz CT molecular complexity index is 1020. The van der Waals surface area contributed by atoms with Crippen LogP contribution in [0, 0.1) is 5.82 Å². The predicted octanol–water partition coefficient (Wildman–Crippen LogP) is 3.04. The molecule has 1 amide bonds. The van der Waals surface area contributed by atoms with Crippen LogP contribution in [0.2, 0.25) is 0 Å². The Morgan fingerprint density at radius 2 is 2.07 bits per heavy atom. The molecule has 0 aliphatic heterocycles. The summed E-state index contributed by atoms with van der Waals surface area (Å²) in [5, 5.41) is 3.67. The summed E-state index contributed by atoms with van der Waals surface area (Å²) in [6, 6.07) is 7.89. The zero-order valence-corrected chi connectivity index (χ0v) is 15.2.